The van der Waals surface area contributed by atoms with Gasteiger partial charge in [0.1, 0.15) is 66.0 Å². The van der Waals surface area contributed by atoms with Crippen LogP contribution in [0.2, 0.25) is 0 Å². The lowest BCUT2D eigenvalue weighted by Gasteiger charge is -2.39. The molecule has 5 aliphatic rings. The third-order valence-corrected chi connectivity index (χ3v) is 13.1. The Bertz CT molecular complexity index is 2090. The van der Waals surface area contributed by atoms with Crippen molar-refractivity contribution in [3.63, 3.8) is 0 Å². The predicted molar refractivity (Wildman–Crippen MR) is 240 cm³/mol. The molecule has 72 heavy (non-hydrogen) atoms. The zero-order chi connectivity index (χ0) is 52.0. The summed E-state index contributed by atoms with van der Waals surface area (Å²) >= 11 is 0. The van der Waals surface area contributed by atoms with Crippen molar-refractivity contribution < 1.29 is 109 Å². The number of aromatic nitrogens is 4. The Labute approximate surface area is 410 Å². The molecule has 0 aromatic carbocycles. The van der Waals surface area contributed by atoms with Crippen LogP contribution in [0.4, 0.5) is 23.5 Å². The normalized spacial score (nSPS) is 33.4. The van der Waals surface area contributed by atoms with Crippen LogP contribution in [0.3, 0.4) is 0 Å². The van der Waals surface area contributed by atoms with Gasteiger partial charge in [-0.05, 0) is 38.5 Å². The number of hydrogen-bond acceptors (Lipinski definition) is 27. The number of aliphatic hydroxyl groups excluding tert-OH is 10. The molecule has 0 saturated carbocycles. The van der Waals surface area contributed by atoms with Crippen molar-refractivity contribution in [1.29, 1.82) is 0 Å². The van der Waals surface area contributed by atoms with E-state index >= 15 is 0 Å². The van der Waals surface area contributed by atoms with E-state index in [4.69, 9.17) is 48.4 Å². The van der Waals surface area contributed by atoms with Gasteiger partial charge in [-0.3, -0.25) is 0 Å². The molecule has 2 aromatic heterocycles. The Hall–Kier alpha value is -4.61. The van der Waals surface area contributed by atoms with Crippen molar-refractivity contribution in [3.8, 4) is 0 Å². The number of rotatable bonds is 21. The third-order valence-electron chi connectivity index (χ3n) is 13.1. The molecule has 2 aromatic rings. The van der Waals surface area contributed by atoms with Gasteiger partial charge in [-0.25, -0.2) is 24.4 Å². The average molecular weight is 1030 g/mol. The van der Waals surface area contributed by atoms with E-state index in [9.17, 15) is 80.8 Å². The van der Waals surface area contributed by atoms with Gasteiger partial charge < -0.3 is 114 Å². The Balaban J connectivity index is 1.24. The lowest BCUT2D eigenvalue weighted by atomic mass is 9.99. The molecule has 5 saturated heterocycles. The van der Waals surface area contributed by atoms with Crippen LogP contribution in [0, 0.1) is 0 Å². The van der Waals surface area contributed by atoms with E-state index in [1.165, 1.54) is 4.90 Å². The number of fused-ring (bicyclic) bond motifs is 1. The highest BCUT2D eigenvalue weighted by molar-refractivity contribution is 5.95. The minimum Gasteiger partial charge on any atom is -0.479 e. The first kappa shape index (κ1) is 55.1. The maximum absolute atomic E-state index is 11.8. The van der Waals surface area contributed by atoms with Gasteiger partial charge >= 0.3 is 17.9 Å². The summed E-state index contributed by atoms with van der Waals surface area (Å²) in [7, 11) is 0. The molecular formula is C42H64N8O22. The number of nitrogens with zero attached hydrogens (tertiary/aromatic N) is 8. The molecule has 0 spiro atoms. The van der Waals surface area contributed by atoms with Gasteiger partial charge in [-0.2, -0.15) is 9.97 Å². The Morgan fingerprint density at radius 2 is 0.764 bits per heavy atom. The maximum Gasteiger partial charge on any atom is 0.335 e. The average Bonchev–Trinajstić information content (AvgIpc) is 3.37. The lowest BCUT2D eigenvalue weighted by molar-refractivity contribution is -0.294. The zero-order valence-electron chi connectivity index (χ0n) is 39.0. The Morgan fingerprint density at radius 1 is 0.458 bits per heavy atom. The van der Waals surface area contributed by atoms with Crippen molar-refractivity contribution in [2.24, 2.45) is 0 Å². The summed E-state index contributed by atoms with van der Waals surface area (Å²) in [6.45, 7) is 0.291. The number of piperidine rings is 2. The van der Waals surface area contributed by atoms with Crippen molar-refractivity contribution in [3.05, 3.63) is 0 Å². The number of carboxylic acid groups (broad SMARTS) is 3. The molecule has 0 amide bonds. The van der Waals surface area contributed by atoms with Crippen LogP contribution in [0.25, 0.3) is 11.0 Å². The molecular weight excluding hydrogens is 968 g/mol. The van der Waals surface area contributed by atoms with Crippen molar-refractivity contribution in [2.45, 2.75) is 131 Å². The molecule has 9 unspecified atom stereocenters. The minimum atomic E-state index is -1.98. The van der Waals surface area contributed by atoms with E-state index in [-0.39, 0.29) is 70.0 Å². The minimum absolute atomic E-state index is 0.0245. The van der Waals surface area contributed by atoms with Crippen LogP contribution in [-0.2, 0) is 42.8 Å². The van der Waals surface area contributed by atoms with Gasteiger partial charge in [0, 0.05) is 52.4 Å². The molecule has 30 heteroatoms. The van der Waals surface area contributed by atoms with E-state index in [1.807, 2.05) is 9.80 Å². The van der Waals surface area contributed by atoms with Crippen LogP contribution in [0.1, 0.15) is 38.5 Å². The van der Waals surface area contributed by atoms with Gasteiger partial charge in [0.15, 0.2) is 48.8 Å². The molecule has 15 atom stereocenters. The standard InChI is InChI=1S/C42H64N8O22/c51-15-11-49(12-16-67-38-27(58)21(52)24(55)30(70-38)35(61)62)41-43-19-20(33(45-41)47-7-3-1-4-8-47)44-42(46-34(19)48-9-5-2-6-10-48)50(13-17-68-39-28(59)22(53)25(56)31(71-39)36(63)64)14-18-69-40-29(60)23(54)26(57)32(72-40)37(65)66/h21-32,38-40,51-60H,1-18H2,(H,61,62)(H,63,64)(H,65,66)/t21?,22?,23?,24-,25-,26-,27?,28?,29?,30?,31?,32?,38-,39-,40-/m1/s1. The SMILES string of the molecule is O=C(O)C1O[C@@H](OCCN(CCO)c2nc(N3CCCCC3)c3nc(N(CCO[C@@H]4OC(C(=O)O)[C@H](O)C(O)C4O)CCO[C@@H]4OC(C(=O)O)[C@H](O)C(O)C4O)nc(N4CCCCC4)c3n2)C(O)C(O)[C@H]1O. The van der Waals surface area contributed by atoms with E-state index in [0.717, 1.165) is 38.5 Å². The molecule has 7 heterocycles. The first-order valence-electron chi connectivity index (χ1n) is 23.7. The van der Waals surface area contributed by atoms with Gasteiger partial charge in [0.2, 0.25) is 11.9 Å². The van der Waals surface area contributed by atoms with Gasteiger partial charge in [0.05, 0.1) is 26.4 Å². The van der Waals surface area contributed by atoms with Crippen LogP contribution in [-0.4, -0.2) is 275 Å². The first-order chi connectivity index (χ1) is 34.4. The summed E-state index contributed by atoms with van der Waals surface area (Å²) in [5.41, 5.74) is 0.580. The number of carboxylic acids is 3. The van der Waals surface area contributed by atoms with Crippen molar-refractivity contribution in [2.75, 3.05) is 98.4 Å². The zero-order valence-corrected chi connectivity index (χ0v) is 39.0. The molecule has 0 bridgehead atoms. The highest BCUT2D eigenvalue weighted by Crippen LogP contribution is 2.35. The van der Waals surface area contributed by atoms with E-state index < -0.39 is 110 Å². The molecule has 5 aliphatic heterocycles. The van der Waals surface area contributed by atoms with Gasteiger partial charge in [-0.15, -0.1) is 0 Å². The maximum atomic E-state index is 11.8. The van der Waals surface area contributed by atoms with Crippen LogP contribution >= 0.6 is 0 Å². The second kappa shape index (κ2) is 24.6. The predicted octanol–water partition coefficient (Wildman–Crippen LogP) is -6.27. The van der Waals surface area contributed by atoms with Crippen LogP contribution in [0.15, 0.2) is 0 Å². The summed E-state index contributed by atoms with van der Waals surface area (Å²) in [6, 6.07) is 0. The van der Waals surface area contributed by atoms with Gasteiger partial charge in [-0.1, -0.05) is 0 Å². The van der Waals surface area contributed by atoms with E-state index in [1.54, 1.807) is 4.90 Å². The highest BCUT2D eigenvalue weighted by atomic mass is 16.7. The summed E-state index contributed by atoms with van der Waals surface area (Å²) < 4.78 is 33.1. The monoisotopic (exact) mass is 1030 g/mol. The fourth-order valence-corrected chi connectivity index (χ4v) is 9.05. The third kappa shape index (κ3) is 12.3. The molecule has 7 rings (SSSR count). The number of carbonyl (C=O) groups is 3. The molecule has 5 fully saturated rings. The van der Waals surface area contributed by atoms with Crippen LogP contribution < -0.4 is 19.6 Å². The topological polar surface area (TPSA) is 434 Å². The van der Waals surface area contributed by atoms with E-state index in [0.29, 0.717) is 43.3 Å². The number of ether oxygens (including phenoxy) is 6. The smallest absolute Gasteiger partial charge is 0.335 e. The Morgan fingerprint density at radius 3 is 1.06 bits per heavy atom. The van der Waals surface area contributed by atoms with E-state index in [2.05, 4.69) is 0 Å². The second-order valence-electron chi connectivity index (χ2n) is 18.0. The molecule has 404 valence electrons. The summed E-state index contributed by atoms with van der Waals surface area (Å²) in [4.78, 5) is 62.5. The molecule has 0 aliphatic carbocycles. The first-order valence-corrected chi connectivity index (χ1v) is 23.7. The van der Waals surface area contributed by atoms with Crippen LogP contribution in [0.5, 0.6) is 0 Å². The summed E-state index contributed by atoms with van der Waals surface area (Å²) in [5, 5.41) is 133. The number of aliphatic hydroxyl groups is 10. The number of hydrogen-bond donors (Lipinski definition) is 13. The number of anilines is 4. The molecule has 30 nitrogen and oxygen atoms in total. The largest absolute Gasteiger partial charge is 0.479 e. The fraction of sp³-hybridized carbons (Fsp3) is 0.786. The fourth-order valence-electron chi connectivity index (χ4n) is 9.05. The Kier molecular flexibility index (Phi) is 18.9. The lowest BCUT2D eigenvalue weighted by Crippen LogP contribution is -2.60. The summed E-state index contributed by atoms with van der Waals surface area (Å²) in [5.74, 6) is -3.98. The summed E-state index contributed by atoms with van der Waals surface area (Å²) in [6.07, 6.45) is -23.2. The highest BCUT2D eigenvalue weighted by Gasteiger charge is 2.50. The molecule has 13 N–H and O–H groups in total. The van der Waals surface area contributed by atoms with Gasteiger partial charge in [0.25, 0.3) is 0 Å². The number of aliphatic carboxylic acids is 3. The van der Waals surface area contributed by atoms with Crippen molar-refractivity contribution >= 4 is 52.5 Å². The molecule has 0 radical (unpaired) electrons. The van der Waals surface area contributed by atoms with Crippen molar-refractivity contribution in [1.82, 2.24) is 19.9 Å². The second-order valence-corrected chi connectivity index (χ2v) is 18.0. The quantitative estimate of drug-likeness (QED) is 0.0553.